The zero-order chi connectivity index (χ0) is 15.0. The van der Waals surface area contributed by atoms with Crippen LogP contribution in [0, 0.1) is 5.92 Å². The summed E-state index contributed by atoms with van der Waals surface area (Å²) < 4.78 is 5.32. The van der Waals surface area contributed by atoms with Gasteiger partial charge in [-0.2, -0.15) is 0 Å². The van der Waals surface area contributed by atoms with Crippen LogP contribution in [0.4, 0.5) is 0 Å². The molecule has 0 spiro atoms. The molecule has 4 heteroatoms. The summed E-state index contributed by atoms with van der Waals surface area (Å²) in [5.41, 5.74) is -0.443. The van der Waals surface area contributed by atoms with Gasteiger partial charge in [0.25, 0.3) is 0 Å². The standard InChI is InChI=1S/C16H32N2O2/c1-5-12-18(6-2)13-10-14-9-8-11-16(14,17-4)15(19)20-7-3/h14,17H,5-13H2,1-4H3. The van der Waals surface area contributed by atoms with E-state index in [0.717, 1.165) is 45.3 Å². The molecule has 1 saturated carbocycles. The maximum atomic E-state index is 12.4. The van der Waals surface area contributed by atoms with Gasteiger partial charge in [0.05, 0.1) is 6.61 Å². The van der Waals surface area contributed by atoms with E-state index in [0.29, 0.717) is 12.5 Å². The Bertz CT molecular complexity index is 296. The summed E-state index contributed by atoms with van der Waals surface area (Å²) in [5, 5.41) is 3.29. The SMILES string of the molecule is CCCN(CC)CCC1CCCC1(NC)C(=O)OCC. The van der Waals surface area contributed by atoms with Crippen LogP contribution in [0.25, 0.3) is 0 Å². The summed E-state index contributed by atoms with van der Waals surface area (Å²) in [6, 6.07) is 0. The Balaban J connectivity index is 2.64. The minimum atomic E-state index is -0.443. The van der Waals surface area contributed by atoms with Crippen LogP contribution in [-0.4, -0.2) is 49.7 Å². The van der Waals surface area contributed by atoms with E-state index in [1.54, 1.807) is 0 Å². The summed E-state index contributed by atoms with van der Waals surface area (Å²) in [7, 11) is 1.90. The molecule has 1 rings (SSSR count). The topological polar surface area (TPSA) is 41.6 Å². The highest BCUT2D eigenvalue weighted by Crippen LogP contribution is 2.38. The van der Waals surface area contributed by atoms with Crippen LogP contribution in [-0.2, 0) is 9.53 Å². The molecule has 0 bridgehead atoms. The third kappa shape index (κ3) is 3.95. The average molecular weight is 284 g/mol. The molecule has 0 aromatic heterocycles. The van der Waals surface area contributed by atoms with E-state index in [2.05, 4.69) is 24.1 Å². The molecule has 20 heavy (non-hydrogen) atoms. The van der Waals surface area contributed by atoms with Crippen molar-refractivity contribution in [1.82, 2.24) is 10.2 Å². The van der Waals surface area contributed by atoms with E-state index < -0.39 is 5.54 Å². The van der Waals surface area contributed by atoms with E-state index in [1.165, 1.54) is 6.42 Å². The third-order valence-electron chi connectivity index (χ3n) is 4.69. The number of rotatable bonds is 9. The molecule has 0 saturated heterocycles. The van der Waals surface area contributed by atoms with Crippen molar-refractivity contribution in [2.45, 2.75) is 58.4 Å². The number of nitrogens with zero attached hydrogens (tertiary/aromatic N) is 1. The van der Waals surface area contributed by atoms with E-state index in [4.69, 9.17) is 4.74 Å². The molecule has 1 fully saturated rings. The molecule has 0 heterocycles. The Labute approximate surface area is 124 Å². The van der Waals surface area contributed by atoms with Crippen LogP contribution in [0.15, 0.2) is 0 Å². The summed E-state index contributed by atoms with van der Waals surface area (Å²) in [6.07, 6.45) is 5.42. The van der Waals surface area contributed by atoms with Gasteiger partial charge in [-0.25, -0.2) is 0 Å². The largest absolute Gasteiger partial charge is 0.465 e. The molecule has 2 unspecified atom stereocenters. The van der Waals surface area contributed by atoms with Crippen LogP contribution >= 0.6 is 0 Å². The fraction of sp³-hybridized carbons (Fsp3) is 0.938. The number of esters is 1. The number of hydrogen-bond acceptors (Lipinski definition) is 4. The maximum absolute atomic E-state index is 12.4. The van der Waals surface area contributed by atoms with Gasteiger partial charge in [0.1, 0.15) is 5.54 Å². The van der Waals surface area contributed by atoms with E-state index in [1.807, 2.05) is 14.0 Å². The second-order valence-electron chi connectivity index (χ2n) is 5.75. The third-order valence-corrected chi connectivity index (χ3v) is 4.69. The Kier molecular flexibility index (Phi) is 7.52. The summed E-state index contributed by atoms with van der Waals surface area (Å²) in [6.45, 7) is 10.1. The average Bonchev–Trinajstić information content (AvgIpc) is 2.87. The van der Waals surface area contributed by atoms with Crippen molar-refractivity contribution in [2.75, 3.05) is 33.3 Å². The van der Waals surface area contributed by atoms with Gasteiger partial charge in [-0.05, 0) is 65.2 Å². The molecule has 1 aliphatic carbocycles. The number of hydrogen-bond donors (Lipinski definition) is 1. The van der Waals surface area contributed by atoms with Crippen molar-refractivity contribution in [3.05, 3.63) is 0 Å². The zero-order valence-electron chi connectivity index (χ0n) is 13.7. The van der Waals surface area contributed by atoms with Crippen molar-refractivity contribution >= 4 is 5.97 Å². The van der Waals surface area contributed by atoms with Gasteiger partial charge in [-0.15, -0.1) is 0 Å². The van der Waals surface area contributed by atoms with Gasteiger partial charge in [0.2, 0.25) is 0 Å². The quantitative estimate of drug-likeness (QED) is 0.660. The first-order chi connectivity index (χ1) is 9.64. The predicted molar refractivity (Wildman–Crippen MR) is 82.8 cm³/mol. The molecule has 1 aliphatic rings. The Morgan fingerprint density at radius 2 is 2.10 bits per heavy atom. The van der Waals surface area contributed by atoms with Crippen molar-refractivity contribution in [2.24, 2.45) is 5.92 Å². The highest BCUT2D eigenvalue weighted by molar-refractivity contribution is 5.81. The van der Waals surface area contributed by atoms with Crippen LogP contribution in [0.2, 0.25) is 0 Å². The molecular weight excluding hydrogens is 252 g/mol. The fourth-order valence-electron chi connectivity index (χ4n) is 3.51. The Morgan fingerprint density at radius 3 is 2.65 bits per heavy atom. The number of carbonyl (C=O) groups is 1. The smallest absolute Gasteiger partial charge is 0.326 e. The highest BCUT2D eigenvalue weighted by atomic mass is 16.5. The molecule has 1 N–H and O–H groups in total. The lowest BCUT2D eigenvalue weighted by molar-refractivity contribution is -0.153. The number of ether oxygens (including phenoxy) is 1. The molecule has 0 amide bonds. The fourth-order valence-corrected chi connectivity index (χ4v) is 3.51. The minimum absolute atomic E-state index is 0.0523. The van der Waals surface area contributed by atoms with Gasteiger partial charge >= 0.3 is 5.97 Å². The summed E-state index contributed by atoms with van der Waals surface area (Å²) in [4.78, 5) is 14.8. The van der Waals surface area contributed by atoms with Crippen LogP contribution in [0.1, 0.15) is 52.9 Å². The maximum Gasteiger partial charge on any atom is 0.326 e. The highest BCUT2D eigenvalue weighted by Gasteiger charge is 2.48. The molecule has 118 valence electrons. The van der Waals surface area contributed by atoms with Crippen LogP contribution in [0.5, 0.6) is 0 Å². The lowest BCUT2D eigenvalue weighted by Gasteiger charge is -2.34. The summed E-state index contributed by atoms with van der Waals surface area (Å²) in [5.74, 6) is 0.348. The molecule has 0 radical (unpaired) electrons. The monoisotopic (exact) mass is 284 g/mol. The van der Waals surface area contributed by atoms with Crippen LogP contribution in [0.3, 0.4) is 0 Å². The van der Waals surface area contributed by atoms with Crippen molar-refractivity contribution < 1.29 is 9.53 Å². The summed E-state index contributed by atoms with van der Waals surface area (Å²) >= 11 is 0. The van der Waals surface area contributed by atoms with Gasteiger partial charge < -0.3 is 15.0 Å². The lowest BCUT2D eigenvalue weighted by Crippen LogP contribution is -2.54. The van der Waals surface area contributed by atoms with Gasteiger partial charge in [-0.3, -0.25) is 4.79 Å². The van der Waals surface area contributed by atoms with Crippen LogP contribution < -0.4 is 5.32 Å². The number of nitrogens with one attached hydrogen (secondary N) is 1. The second-order valence-corrected chi connectivity index (χ2v) is 5.75. The number of likely N-dealkylation sites (N-methyl/N-ethyl adjacent to an activating group) is 1. The molecular formula is C16H32N2O2. The number of carbonyl (C=O) groups excluding carboxylic acids is 1. The Morgan fingerprint density at radius 1 is 1.35 bits per heavy atom. The van der Waals surface area contributed by atoms with Gasteiger partial charge in [0, 0.05) is 0 Å². The van der Waals surface area contributed by atoms with Crippen molar-refractivity contribution in [3.8, 4) is 0 Å². The lowest BCUT2D eigenvalue weighted by atomic mass is 9.84. The molecule has 2 atom stereocenters. The van der Waals surface area contributed by atoms with E-state index in [9.17, 15) is 4.79 Å². The Hall–Kier alpha value is -0.610. The second kappa shape index (κ2) is 8.63. The molecule has 4 nitrogen and oxygen atoms in total. The molecule has 0 aromatic carbocycles. The molecule has 0 aromatic rings. The minimum Gasteiger partial charge on any atom is -0.465 e. The first-order valence-corrected chi connectivity index (χ1v) is 8.23. The van der Waals surface area contributed by atoms with Crippen molar-refractivity contribution in [1.29, 1.82) is 0 Å². The zero-order valence-corrected chi connectivity index (χ0v) is 13.7. The normalized spacial score (nSPS) is 26.1. The van der Waals surface area contributed by atoms with Crippen molar-refractivity contribution in [3.63, 3.8) is 0 Å². The van der Waals surface area contributed by atoms with Gasteiger partial charge in [0.15, 0.2) is 0 Å². The predicted octanol–water partition coefficient (Wildman–Crippen LogP) is 2.43. The first-order valence-electron chi connectivity index (χ1n) is 8.23. The first kappa shape index (κ1) is 17.4. The van der Waals surface area contributed by atoms with Gasteiger partial charge in [-0.1, -0.05) is 20.3 Å². The molecule has 0 aliphatic heterocycles. The van der Waals surface area contributed by atoms with E-state index in [-0.39, 0.29) is 5.97 Å². The van der Waals surface area contributed by atoms with E-state index >= 15 is 0 Å².